The predicted molar refractivity (Wildman–Crippen MR) is 109 cm³/mol. The van der Waals surface area contributed by atoms with Crippen LogP contribution in [0, 0.1) is 12.3 Å². The van der Waals surface area contributed by atoms with E-state index in [0.29, 0.717) is 29.1 Å². The molecule has 3 aromatic rings. The summed E-state index contributed by atoms with van der Waals surface area (Å²) in [6.07, 6.45) is 5.10. The van der Waals surface area contributed by atoms with Gasteiger partial charge in [-0.1, -0.05) is 28.9 Å². The molecule has 0 spiro atoms. The van der Waals surface area contributed by atoms with Crippen molar-refractivity contribution in [2.45, 2.75) is 58.9 Å². The Bertz CT molecular complexity index is 1070. The summed E-state index contributed by atoms with van der Waals surface area (Å²) in [5, 5.41) is 11.7. The van der Waals surface area contributed by atoms with E-state index in [4.69, 9.17) is 9.05 Å². The summed E-state index contributed by atoms with van der Waals surface area (Å²) < 4.78 is 10.8. The highest BCUT2D eigenvalue weighted by Gasteiger charge is 2.49. The lowest BCUT2D eigenvalue weighted by Gasteiger charge is -2.53. The summed E-state index contributed by atoms with van der Waals surface area (Å²) >= 11 is 0. The molecule has 0 radical (unpaired) electrons. The molecule has 150 valence electrons. The maximum atomic E-state index is 5.40. The van der Waals surface area contributed by atoms with Gasteiger partial charge in [-0.05, 0) is 63.1 Å². The number of aryl methyl sites for hydroxylation is 2. The van der Waals surface area contributed by atoms with E-state index < -0.39 is 0 Å². The summed E-state index contributed by atoms with van der Waals surface area (Å²) in [4.78, 5) is 8.86. The number of fused-ring (bicyclic) bond motifs is 2. The molecule has 1 unspecified atom stereocenters. The minimum absolute atomic E-state index is 0.295. The zero-order valence-corrected chi connectivity index (χ0v) is 17.0. The molecule has 0 saturated heterocycles. The lowest BCUT2D eigenvalue weighted by atomic mass is 9.54. The minimum atomic E-state index is 0.295. The van der Waals surface area contributed by atoms with Gasteiger partial charge in [0.15, 0.2) is 11.6 Å². The van der Waals surface area contributed by atoms with E-state index in [1.54, 1.807) is 0 Å². The summed E-state index contributed by atoms with van der Waals surface area (Å²) in [7, 11) is 0. The molecule has 1 N–H and O–H groups in total. The zero-order valence-electron chi connectivity index (χ0n) is 17.0. The second-order valence-electron chi connectivity index (χ2n) is 8.26. The van der Waals surface area contributed by atoms with Crippen molar-refractivity contribution < 1.29 is 9.05 Å². The first-order chi connectivity index (χ1) is 14.1. The molecule has 1 atom stereocenters. The number of aromatic nitrogens is 4. The molecular weight excluding hydrogens is 366 g/mol. The maximum Gasteiger partial charge on any atom is 0.257 e. The van der Waals surface area contributed by atoms with Crippen molar-refractivity contribution in [2.75, 3.05) is 5.32 Å². The normalized spacial score (nSPS) is 18.4. The van der Waals surface area contributed by atoms with E-state index in [2.05, 4.69) is 44.7 Å². The van der Waals surface area contributed by atoms with Crippen LogP contribution in [0.4, 0.5) is 5.69 Å². The topological polar surface area (TPSA) is 89.9 Å². The van der Waals surface area contributed by atoms with Crippen LogP contribution >= 0.6 is 0 Å². The SMILES string of the molecule is CCc1noc(-c2cccc(NC(C)C34CCC(c5nc(C)no5)=C(C3)C4)c2)n1. The van der Waals surface area contributed by atoms with Gasteiger partial charge in [0.1, 0.15) is 0 Å². The molecule has 7 heteroatoms. The molecule has 0 amide bonds. The first-order valence-corrected chi connectivity index (χ1v) is 10.3. The fraction of sp³-hybridized carbons (Fsp3) is 0.455. The molecule has 1 fully saturated rings. The Morgan fingerprint density at radius 1 is 1.14 bits per heavy atom. The Hall–Kier alpha value is -2.96. The van der Waals surface area contributed by atoms with E-state index >= 15 is 0 Å². The smallest absolute Gasteiger partial charge is 0.257 e. The second-order valence-corrected chi connectivity index (χ2v) is 8.26. The van der Waals surface area contributed by atoms with Gasteiger partial charge in [0.25, 0.3) is 11.8 Å². The maximum absolute atomic E-state index is 5.40. The van der Waals surface area contributed by atoms with Crippen molar-refractivity contribution in [3.05, 3.63) is 47.4 Å². The van der Waals surface area contributed by atoms with Crippen LogP contribution in [0.25, 0.3) is 17.0 Å². The van der Waals surface area contributed by atoms with Crippen molar-refractivity contribution in [2.24, 2.45) is 5.41 Å². The van der Waals surface area contributed by atoms with E-state index in [1.165, 1.54) is 11.1 Å². The number of anilines is 1. The van der Waals surface area contributed by atoms with Crippen molar-refractivity contribution in [1.82, 2.24) is 20.3 Å². The van der Waals surface area contributed by atoms with Gasteiger partial charge >= 0.3 is 0 Å². The Morgan fingerprint density at radius 2 is 1.97 bits per heavy atom. The first-order valence-electron chi connectivity index (χ1n) is 10.3. The molecule has 2 heterocycles. The molecule has 7 nitrogen and oxygen atoms in total. The fourth-order valence-corrected chi connectivity index (χ4v) is 4.60. The lowest BCUT2D eigenvalue weighted by molar-refractivity contribution is 0.147. The molecule has 6 rings (SSSR count). The van der Waals surface area contributed by atoms with Crippen LogP contribution in [-0.4, -0.2) is 26.3 Å². The van der Waals surface area contributed by atoms with E-state index in [-0.39, 0.29) is 0 Å². The molecule has 3 aliphatic carbocycles. The Kier molecular flexibility index (Phi) is 4.26. The van der Waals surface area contributed by atoms with Gasteiger partial charge in [0.2, 0.25) is 0 Å². The molecule has 1 aromatic carbocycles. The minimum Gasteiger partial charge on any atom is -0.382 e. The third kappa shape index (κ3) is 3.14. The van der Waals surface area contributed by atoms with Gasteiger partial charge < -0.3 is 14.4 Å². The van der Waals surface area contributed by atoms with E-state index in [1.807, 2.05) is 26.0 Å². The van der Waals surface area contributed by atoms with Crippen molar-refractivity contribution in [1.29, 1.82) is 0 Å². The Morgan fingerprint density at radius 3 is 2.62 bits per heavy atom. The molecular formula is C22H25N5O2. The summed E-state index contributed by atoms with van der Waals surface area (Å²) in [5.74, 6) is 2.72. The first kappa shape index (κ1) is 18.1. The van der Waals surface area contributed by atoms with Gasteiger partial charge in [0.05, 0.1) is 0 Å². The van der Waals surface area contributed by atoms with Crippen molar-refractivity contribution in [3.8, 4) is 11.5 Å². The van der Waals surface area contributed by atoms with E-state index in [9.17, 15) is 0 Å². The number of nitrogens with one attached hydrogen (secondary N) is 1. The lowest BCUT2D eigenvalue weighted by Crippen LogP contribution is -2.47. The van der Waals surface area contributed by atoms with Crippen LogP contribution in [-0.2, 0) is 6.42 Å². The highest BCUT2D eigenvalue weighted by molar-refractivity contribution is 5.67. The van der Waals surface area contributed by atoms with Crippen LogP contribution in [0.2, 0.25) is 0 Å². The number of hydrogen-bond acceptors (Lipinski definition) is 7. The average Bonchev–Trinajstić information content (AvgIpc) is 3.36. The Balaban J connectivity index is 1.30. The van der Waals surface area contributed by atoms with Crippen molar-refractivity contribution in [3.63, 3.8) is 0 Å². The zero-order chi connectivity index (χ0) is 20.0. The van der Waals surface area contributed by atoms with Crippen LogP contribution in [0.15, 0.2) is 38.9 Å². The monoisotopic (exact) mass is 391 g/mol. The number of rotatable bonds is 6. The number of hydrogen-bond donors (Lipinski definition) is 1. The van der Waals surface area contributed by atoms with Crippen LogP contribution in [0.1, 0.15) is 57.1 Å². The number of nitrogens with zero attached hydrogens (tertiary/aromatic N) is 4. The summed E-state index contributed by atoms with van der Waals surface area (Å²) in [5.41, 5.74) is 5.06. The largest absolute Gasteiger partial charge is 0.382 e. The van der Waals surface area contributed by atoms with Gasteiger partial charge in [-0.15, -0.1) is 0 Å². The molecule has 29 heavy (non-hydrogen) atoms. The molecule has 0 aliphatic heterocycles. The van der Waals surface area contributed by atoms with Crippen LogP contribution < -0.4 is 5.32 Å². The highest BCUT2D eigenvalue weighted by Crippen LogP contribution is 2.59. The molecule has 2 aromatic heterocycles. The number of benzene rings is 1. The molecule has 3 aliphatic rings. The molecule has 2 bridgehead atoms. The van der Waals surface area contributed by atoms with Crippen molar-refractivity contribution >= 4 is 11.3 Å². The average molecular weight is 391 g/mol. The fourth-order valence-electron chi connectivity index (χ4n) is 4.60. The highest BCUT2D eigenvalue weighted by atomic mass is 16.5. The predicted octanol–water partition coefficient (Wildman–Crippen LogP) is 4.82. The second kappa shape index (κ2) is 6.83. The summed E-state index contributed by atoms with van der Waals surface area (Å²) in [6, 6.07) is 8.58. The number of allylic oxidation sites excluding steroid dienone is 2. The Labute approximate surface area is 169 Å². The molecule has 1 saturated carbocycles. The van der Waals surface area contributed by atoms with Gasteiger partial charge in [-0.3, -0.25) is 0 Å². The van der Waals surface area contributed by atoms with Crippen LogP contribution in [0.3, 0.4) is 0 Å². The van der Waals surface area contributed by atoms with Crippen LogP contribution in [0.5, 0.6) is 0 Å². The van der Waals surface area contributed by atoms with Gasteiger partial charge in [-0.2, -0.15) is 9.97 Å². The third-order valence-electron chi connectivity index (χ3n) is 6.41. The standard InChI is InChI=1S/C22H25N5O2/c1-4-19-25-20(28-27-19)15-6-5-7-17(10-15)23-13(2)22-9-8-18(16(11-22)12-22)21-24-14(3)26-29-21/h5-7,10,13,23H,4,8-9,11-12H2,1-3H3. The quantitative estimate of drug-likeness (QED) is 0.644. The summed E-state index contributed by atoms with van der Waals surface area (Å²) in [6.45, 7) is 6.17. The van der Waals surface area contributed by atoms with Gasteiger partial charge in [-0.25, -0.2) is 0 Å². The van der Waals surface area contributed by atoms with E-state index in [0.717, 1.165) is 49.2 Å². The third-order valence-corrected chi connectivity index (χ3v) is 6.41. The van der Waals surface area contributed by atoms with Gasteiger partial charge in [0, 0.05) is 29.3 Å².